The summed E-state index contributed by atoms with van der Waals surface area (Å²) in [5.41, 5.74) is 0. The quantitative estimate of drug-likeness (QED) is 0.741. The van der Waals surface area contributed by atoms with Gasteiger partial charge in [-0.3, -0.25) is 9.69 Å². The van der Waals surface area contributed by atoms with Crippen LogP contribution in [0.15, 0.2) is 12.7 Å². The summed E-state index contributed by atoms with van der Waals surface area (Å²) in [5.74, 6) is 2.73. The molecule has 26 heavy (non-hydrogen) atoms. The third-order valence-electron chi connectivity index (χ3n) is 8.17. The van der Waals surface area contributed by atoms with Gasteiger partial charge in [0, 0.05) is 24.7 Å². The molecule has 3 atom stereocenters. The van der Waals surface area contributed by atoms with E-state index >= 15 is 0 Å². The lowest BCUT2D eigenvalue weighted by Gasteiger charge is -2.42. The number of nitrogens with zero attached hydrogens (tertiary/aromatic N) is 1. The minimum absolute atomic E-state index is 0.0159. The molecule has 0 aromatic heterocycles. The second kappa shape index (κ2) is 8.46. The maximum atomic E-state index is 11.9. The van der Waals surface area contributed by atoms with Gasteiger partial charge < -0.3 is 5.32 Å². The highest BCUT2D eigenvalue weighted by Gasteiger charge is 2.46. The predicted molar refractivity (Wildman–Crippen MR) is 107 cm³/mol. The molecule has 4 rings (SSSR count). The number of hydrogen-bond donors (Lipinski definition) is 1. The first-order valence-electron chi connectivity index (χ1n) is 11.4. The number of nitrogens with one attached hydrogen (secondary N) is 1. The van der Waals surface area contributed by atoms with E-state index in [0.29, 0.717) is 12.0 Å². The predicted octanol–water partition coefficient (Wildman–Crippen LogP) is 4.67. The molecule has 1 heterocycles. The number of fused-ring (bicyclic) bond motifs is 1. The van der Waals surface area contributed by atoms with Crippen LogP contribution in [0.5, 0.6) is 0 Å². The van der Waals surface area contributed by atoms with Crippen LogP contribution >= 0.6 is 0 Å². The Morgan fingerprint density at radius 3 is 2.23 bits per heavy atom. The van der Waals surface area contributed by atoms with Crippen LogP contribution in [-0.2, 0) is 4.79 Å². The van der Waals surface area contributed by atoms with Gasteiger partial charge in [-0.2, -0.15) is 0 Å². The van der Waals surface area contributed by atoms with E-state index in [0.717, 1.165) is 30.5 Å². The van der Waals surface area contributed by atoms with Crippen LogP contribution in [0.3, 0.4) is 0 Å². The van der Waals surface area contributed by atoms with Crippen LogP contribution in [0.2, 0.25) is 0 Å². The highest BCUT2D eigenvalue weighted by Crippen LogP contribution is 2.43. The van der Waals surface area contributed by atoms with Crippen molar-refractivity contribution in [2.24, 2.45) is 17.8 Å². The molecule has 0 radical (unpaired) electrons. The highest BCUT2D eigenvalue weighted by molar-refractivity contribution is 5.87. The SMILES string of the molecule is C=CC(=O)NC1CN(C2CCC(C3CCCCC3)CC2)C2CCCCC12. The average Bonchev–Trinajstić information content (AvgIpc) is 3.07. The monoisotopic (exact) mass is 358 g/mol. The number of likely N-dealkylation sites (tertiary alicyclic amines) is 1. The zero-order valence-electron chi connectivity index (χ0n) is 16.5. The van der Waals surface area contributed by atoms with Crippen molar-refractivity contribution in [1.82, 2.24) is 10.2 Å². The van der Waals surface area contributed by atoms with Crippen molar-refractivity contribution in [2.75, 3.05) is 6.54 Å². The van der Waals surface area contributed by atoms with Gasteiger partial charge in [-0.25, -0.2) is 0 Å². The van der Waals surface area contributed by atoms with E-state index in [4.69, 9.17) is 0 Å². The van der Waals surface area contributed by atoms with Crippen molar-refractivity contribution in [3.05, 3.63) is 12.7 Å². The Balaban J connectivity index is 1.36. The number of hydrogen-bond acceptors (Lipinski definition) is 2. The molecule has 3 heteroatoms. The van der Waals surface area contributed by atoms with E-state index in [9.17, 15) is 4.79 Å². The van der Waals surface area contributed by atoms with Crippen LogP contribution in [0, 0.1) is 17.8 Å². The van der Waals surface area contributed by atoms with Crippen molar-refractivity contribution >= 4 is 5.91 Å². The maximum Gasteiger partial charge on any atom is 0.243 e. The molecule has 1 saturated heterocycles. The molecule has 146 valence electrons. The van der Waals surface area contributed by atoms with Gasteiger partial charge in [-0.1, -0.05) is 51.5 Å². The van der Waals surface area contributed by atoms with Crippen LogP contribution in [0.4, 0.5) is 0 Å². The number of carbonyl (C=O) groups excluding carboxylic acids is 1. The van der Waals surface area contributed by atoms with E-state index in [1.165, 1.54) is 89.5 Å². The van der Waals surface area contributed by atoms with Crippen LogP contribution < -0.4 is 5.32 Å². The summed E-state index contributed by atoms with van der Waals surface area (Å²) in [5, 5.41) is 3.26. The van der Waals surface area contributed by atoms with Gasteiger partial charge in [0.1, 0.15) is 0 Å². The zero-order valence-corrected chi connectivity index (χ0v) is 16.5. The van der Waals surface area contributed by atoms with Gasteiger partial charge in [0.2, 0.25) is 5.91 Å². The van der Waals surface area contributed by atoms with Gasteiger partial charge in [-0.05, 0) is 62.4 Å². The summed E-state index contributed by atoms with van der Waals surface area (Å²) >= 11 is 0. The molecular formula is C23H38N2O. The second-order valence-corrected chi connectivity index (χ2v) is 9.50. The van der Waals surface area contributed by atoms with E-state index in [-0.39, 0.29) is 5.91 Å². The Labute approximate surface area is 160 Å². The minimum atomic E-state index is 0.0159. The summed E-state index contributed by atoms with van der Waals surface area (Å²) in [4.78, 5) is 14.7. The molecule has 3 aliphatic carbocycles. The minimum Gasteiger partial charge on any atom is -0.348 e. The topological polar surface area (TPSA) is 32.3 Å². The van der Waals surface area contributed by atoms with Gasteiger partial charge in [0.25, 0.3) is 0 Å². The largest absolute Gasteiger partial charge is 0.348 e. The van der Waals surface area contributed by atoms with Gasteiger partial charge in [0.05, 0.1) is 0 Å². The van der Waals surface area contributed by atoms with E-state index < -0.39 is 0 Å². The Bertz CT molecular complexity index is 490. The molecule has 3 nitrogen and oxygen atoms in total. The number of amides is 1. The molecule has 1 amide bonds. The lowest BCUT2D eigenvalue weighted by molar-refractivity contribution is -0.117. The Morgan fingerprint density at radius 2 is 1.50 bits per heavy atom. The fourth-order valence-electron chi connectivity index (χ4n) is 6.84. The van der Waals surface area contributed by atoms with E-state index in [2.05, 4.69) is 16.8 Å². The second-order valence-electron chi connectivity index (χ2n) is 9.50. The van der Waals surface area contributed by atoms with Crippen molar-refractivity contribution < 1.29 is 4.79 Å². The summed E-state index contributed by atoms with van der Waals surface area (Å²) in [6.07, 6.45) is 19.9. The fourth-order valence-corrected chi connectivity index (χ4v) is 6.84. The third-order valence-corrected chi connectivity index (χ3v) is 8.17. The first-order valence-corrected chi connectivity index (χ1v) is 11.4. The van der Waals surface area contributed by atoms with Gasteiger partial charge in [-0.15, -0.1) is 0 Å². The van der Waals surface area contributed by atoms with Crippen LogP contribution in [0.1, 0.15) is 83.5 Å². The zero-order chi connectivity index (χ0) is 17.9. The normalized spacial score (nSPS) is 39.3. The molecule has 3 saturated carbocycles. The van der Waals surface area contributed by atoms with Crippen molar-refractivity contribution in [3.8, 4) is 0 Å². The first kappa shape index (κ1) is 18.5. The molecule has 4 aliphatic rings. The van der Waals surface area contributed by atoms with Crippen molar-refractivity contribution in [3.63, 3.8) is 0 Å². The third kappa shape index (κ3) is 3.88. The van der Waals surface area contributed by atoms with Crippen molar-refractivity contribution in [1.29, 1.82) is 0 Å². The molecule has 0 bridgehead atoms. The van der Waals surface area contributed by atoms with Crippen LogP contribution in [0.25, 0.3) is 0 Å². The standard InChI is InChI=1S/C23H38N2O/c1-2-23(26)24-21-16-25(22-11-7-6-10-20(21)22)19-14-12-18(13-15-19)17-8-4-3-5-9-17/h2,17-22H,1,3-16H2,(H,24,26). The molecule has 1 aliphatic heterocycles. The highest BCUT2D eigenvalue weighted by atomic mass is 16.1. The molecule has 0 spiro atoms. The van der Waals surface area contributed by atoms with Gasteiger partial charge in [0.15, 0.2) is 0 Å². The molecule has 3 unspecified atom stereocenters. The number of carbonyl (C=O) groups is 1. The molecule has 0 aromatic rings. The molecular weight excluding hydrogens is 320 g/mol. The Morgan fingerprint density at radius 1 is 0.846 bits per heavy atom. The lowest BCUT2D eigenvalue weighted by atomic mass is 9.72. The van der Waals surface area contributed by atoms with Crippen LogP contribution in [-0.4, -0.2) is 35.5 Å². The smallest absolute Gasteiger partial charge is 0.243 e. The Hall–Kier alpha value is -0.830. The fraction of sp³-hybridized carbons (Fsp3) is 0.870. The number of rotatable bonds is 4. The van der Waals surface area contributed by atoms with Crippen molar-refractivity contribution in [2.45, 2.75) is 102 Å². The summed E-state index contributed by atoms with van der Waals surface area (Å²) in [6.45, 7) is 4.72. The van der Waals surface area contributed by atoms with E-state index in [1.54, 1.807) is 0 Å². The Kier molecular flexibility index (Phi) is 6.03. The average molecular weight is 359 g/mol. The van der Waals surface area contributed by atoms with E-state index in [1.807, 2.05) is 0 Å². The summed E-state index contributed by atoms with van der Waals surface area (Å²) in [7, 11) is 0. The molecule has 1 N–H and O–H groups in total. The molecule has 4 fully saturated rings. The maximum absolute atomic E-state index is 11.9. The first-order chi connectivity index (χ1) is 12.8. The van der Waals surface area contributed by atoms with Gasteiger partial charge >= 0.3 is 0 Å². The summed E-state index contributed by atoms with van der Waals surface area (Å²) in [6, 6.07) is 1.84. The molecule has 0 aromatic carbocycles. The lowest BCUT2D eigenvalue weighted by Crippen LogP contribution is -2.44. The summed E-state index contributed by atoms with van der Waals surface area (Å²) < 4.78 is 0.